The van der Waals surface area contributed by atoms with Crippen molar-refractivity contribution >= 4 is 29.0 Å². The van der Waals surface area contributed by atoms with Crippen LogP contribution in [0.2, 0.25) is 5.02 Å². The van der Waals surface area contributed by atoms with E-state index >= 15 is 0 Å². The molecule has 25 heavy (non-hydrogen) atoms. The van der Waals surface area contributed by atoms with Gasteiger partial charge in [0.2, 0.25) is 0 Å². The lowest BCUT2D eigenvalue weighted by Gasteiger charge is -2.17. The molecule has 0 fully saturated rings. The first kappa shape index (κ1) is 19.0. The minimum absolute atomic E-state index is 0.125. The fourth-order valence-electron chi connectivity index (χ4n) is 2.35. The normalized spacial score (nSPS) is 10.4. The van der Waals surface area contributed by atoms with Crippen LogP contribution in [0.3, 0.4) is 0 Å². The van der Waals surface area contributed by atoms with E-state index in [1.165, 1.54) is 0 Å². The number of unbranched alkanes of at least 4 members (excludes halogenated alkanes) is 1. The van der Waals surface area contributed by atoms with Crippen molar-refractivity contribution in [3.63, 3.8) is 0 Å². The summed E-state index contributed by atoms with van der Waals surface area (Å²) in [4.78, 5) is 22.8. The predicted octanol–water partition coefficient (Wildman–Crippen LogP) is 4.06. The highest BCUT2D eigenvalue weighted by atomic mass is 35.5. The molecule has 0 spiro atoms. The zero-order valence-electron chi connectivity index (χ0n) is 15.0. The number of hydrogen-bond donors (Lipinski definition) is 1. The van der Waals surface area contributed by atoms with Crippen molar-refractivity contribution in [1.29, 1.82) is 0 Å². The number of methoxy groups -OCH3 is 1. The predicted molar refractivity (Wildman–Crippen MR) is 99.9 cm³/mol. The molecule has 0 radical (unpaired) electrons. The van der Waals surface area contributed by atoms with Gasteiger partial charge >= 0.3 is 0 Å². The zero-order valence-corrected chi connectivity index (χ0v) is 15.7. The molecule has 134 valence electrons. The minimum atomic E-state index is -0.125. The standard InChI is InChI=1S/C18H23ClN4O2/c1-5-6-9-23(3)18(24)15-11-17(21-12(2)20-15)22-14-10-13(19)7-8-16(14)25-4/h7-8,10-11H,5-6,9H2,1-4H3,(H,20,21,22). The Morgan fingerprint density at radius 1 is 1.32 bits per heavy atom. The maximum absolute atomic E-state index is 12.5. The van der Waals surface area contributed by atoms with Gasteiger partial charge in [-0.25, -0.2) is 9.97 Å². The van der Waals surface area contributed by atoms with Crippen molar-refractivity contribution in [2.24, 2.45) is 0 Å². The Kier molecular flexibility index (Phi) is 6.58. The molecule has 2 aromatic rings. The number of aryl methyl sites for hydroxylation is 1. The first-order valence-corrected chi connectivity index (χ1v) is 8.54. The number of ether oxygens (including phenoxy) is 1. The van der Waals surface area contributed by atoms with Gasteiger partial charge in [0.1, 0.15) is 23.1 Å². The van der Waals surface area contributed by atoms with E-state index in [1.54, 1.807) is 50.2 Å². The molecule has 1 amide bonds. The van der Waals surface area contributed by atoms with E-state index in [1.807, 2.05) is 0 Å². The van der Waals surface area contributed by atoms with Gasteiger partial charge in [-0.3, -0.25) is 4.79 Å². The lowest BCUT2D eigenvalue weighted by Crippen LogP contribution is -2.28. The number of aromatic nitrogens is 2. The number of carbonyl (C=O) groups is 1. The fourth-order valence-corrected chi connectivity index (χ4v) is 2.52. The van der Waals surface area contributed by atoms with E-state index in [9.17, 15) is 4.79 Å². The molecule has 7 heteroatoms. The summed E-state index contributed by atoms with van der Waals surface area (Å²) in [5.41, 5.74) is 1.03. The third-order valence-corrected chi connectivity index (χ3v) is 3.91. The number of benzene rings is 1. The van der Waals surface area contributed by atoms with Crippen LogP contribution in [0.25, 0.3) is 0 Å². The Balaban J connectivity index is 2.27. The van der Waals surface area contributed by atoms with Crippen molar-refractivity contribution in [2.45, 2.75) is 26.7 Å². The molecule has 0 unspecified atom stereocenters. The average molecular weight is 363 g/mol. The van der Waals surface area contributed by atoms with Gasteiger partial charge in [-0.1, -0.05) is 24.9 Å². The van der Waals surface area contributed by atoms with Crippen LogP contribution in [0.5, 0.6) is 5.75 Å². The van der Waals surface area contributed by atoms with E-state index in [0.717, 1.165) is 12.8 Å². The molecule has 1 aromatic carbocycles. The Labute approximate surface area is 153 Å². The molecular weight excluding hydrogens is 340 g/mol. The molecule has 6 nitrogen and oxygen atoms in total. The zero-order chi connectivity index (χ0) is 18.4. The number of halogens is 1. The second-order valence-electron chi connectivity index (χ2n) is 5.74. The van der Waals surface area contributed by atoms with Gasteiger partial charge < -0.3 is 15.0 Å². The lowest BCUT2D eigenvalue weighted by molar-refractivity contribution is 0.0787. The third-order valence-electron chi connectivity index (χ3n) is 3.68. The monoisotopic (exact) mass is 362 g/mol. The van der Waals surface area contributed by atoms with Gasteiger partial charge in [0.05, 0.1) is 12.8 Å². The Morgan fingerprint density at radius 3 is 2.76 bits per heavy atom. The van der Waals surface area contributed by atoms with Crippen LogP contribution < -0.4 is 10.1 Å². The van der Waals surface area contributed by atoms with Crippen LogP contribution in [-0.4, -0.2) is 41.5 Å². The van der Waals surface area contributed by atoms with Crippen molar-refractivity contribution in [3.05, 3.63) is 40.8 Å². The van der Waals surface area contributed by atoms with E-state index in [0.29, 0.717) is 40.3 Å². The van der Waals surface area contributed by atoms with E-state index in [4.69, 9.17) is 16.3 Å². The number of anilines is 2. The minimum Gasteiger partial charge on any atom is -0.495 e. The van der Waals surface area contributed by atoms with Crippen LogP contribution in [0, 0.1) is 6.92 Å². The first-order chi connectivity index (χ1) is 11.9. The van der Waals surface area contributed by atoms with Gasteiger partial charge in [-0.15, -0.1) is 0 Å². The van der Waals surface area contributed by atoms with E-state index in [2.05, 4.69) is 22.2 Å². The Morgan fingerprint density at radius 2 is 2.08 bits per heavy atom. The van der Waals surface area contributed by atoms with Crippen LogP contribution in [-0.2, 0) is 0 Å². The van der Waals surface area contributed by atoms with Crippen LogP contribution in [0.15, 0.2) is 24.3 Å². The van der Waals surface area contributed by atoms with Gasteiger partial charge in [0, 0.05) is 24.7 Å². The highest BCUT2D eigenvalue weighted by Crippen LogP contribution is 2.30. The van der Waals surface area contributed by atoms with Crippen molar-refractivity contribution in [1.82, 2.24) is 14.9 Å². The van der Waals surface area contributed by atoms with Crippen LogP contribution in [0.4, 0.5) is 11.5 Å². The van der Waals surface area contributed by atoms with Crippen molar-refractivity contribution < 1.29 is 9.53 Å². The summed E-state index contributed by atoms with van der Waals surface area (Å²) in [6.07, 6.45) is 1.99. The summed E-state index contributed by atoms with van der Waals surface area (Å²) in [6.45, 7) is 4.54. The molecule has 1 heterocycles. The Hall–Kier alpha value is -2.34. The SMILES string of the molecule is CCCCN(C)C(=O)c1cc(Nc2cc(Cl)ccc2OC)nc(C)n1. The number of amides is 1. The number of hydrogen-bond acceptors (Lipinski definition) is 5. The van der Waals surface area contributed by atoms with Gasteiger partial charge in [0.25, 0.3) is 5.91 Å². The second-order valence-corrected chi connectivity index (χ2v) is 6.17. The molecule has 0 bridgehead atoms. The highest BCUT2D eigenvalue weighted by Gasteiger charge is 2.15. The van der Waals surface area contributed by atoms with Crippen molar-refractivity contribution in [3.8, 4) is 5.75 Å². The Bertz CT molecular complexity index is 752. The molecule has 0 aliphatic heterocycles. The van der Waals surface area contributed by atoms with Crippen LogP contribution >= 0.6 is 11.6 Å². The molecule has 0 saturated heterocycles. The number of carbonyl (C=O) groups excluding carboxylic acids is 1. The second kappa shape index (κ2) is 8.67. The molecule has 0 atom stereocenters. The molecule has 0 saturated carbocycles. The van der Waals surface area contributed by atoms with Gasteiger partial charge in [-0.05, 0) is 31.5 Å². The van der Waals surface area contributed by atoms with Gasteiger partial charge in [0.15, 0.2) is 0 Å². The summed E-state index contributed by atoms with van der Waals surface area (Å²) in [5, 5.41) is 3.72. The summed E-state index contributed by atoms with van der Waals surface area (Å²) in [6, 6.07) is 6.89. The molecule has 0 aliphatic rings. The molecular formula is C18H23ClN4O2. The van der Waals surface area contributed by atoms with E-state index < -0.39 is 0 Å². The average Bonchev–Trinajstić information content (AvgIpc) is 2.58. The van der Waals surface area contributed by atoms with Gasteiger partial charge in [-0.2, -0.15) is 0 Å². The maximum Gasteiger partial charge on any atom is 0.272 e. The third kappa shape index (κ3) is 5.06. The summed E-state index contributed by atoms with van der Waals surface area (Å²) >= 11 is 6.05. The van der Waals surface area contributed by atoms with Crippen LogP contribution in [0.1, 0.15) is 36.1 Å². The topological polar surface area (TPSA) is 67.4 Å². The van der Waals surface area contributed by atoms with Crippen molar-refractivity contribution in [2.75, 3.05) is 26.0 Å². The first-order valence-electron chi connectivity index (χ1n) is 8.16. The fraction of sp³-hybridized carbons (Fsp3) is 0.389. The molecule has 2 rings (SSSR count). The highest BCUT2D eigenvalue weighted by molar-refractivity contribution is 6.31. The number of rotatable bonds is 7. The summed E-state index contributed by atoms with van der Waals surface area (Å²) in [7, 11) is 3.36. The number of nitrogens with zero attached hydrogens (tertiary/aromatic N) is 3. The summed E-state index contributed by atoms with van der Waals surface area (Å²) < 4.78 is 5.32. The largest absolute Gasteiger partial charge is 0.495 e. The maximum atomic E-state index is 12.5. The molecule has 1 N–H and O–H groups in total. The molecule has 1 aromatic heterocycles. The summed E-state index contributed by atoms with van der Waals surface area (Å²) in [5.74, 6) is 1.53. The quantitative estimate of drug-likeness (QED) is 0.804. The number of nitrogens with one attached hydrogen (secondary N) is 1. The van der Waals surface area contributed by atoms with E-state index in [-0.39, 0.29) is 5.91 Å². The smallest absolute Gasteiger partial charge is 0.272 e. The molecule has 0 aliphatic carbocycles. The lowest BCUT2D eigenvalue weighted by atomic mass is 10.2.